The molecule has 116 valence electrons. The SMILES string of the molecule is NC(=O)NC(c1ccccc1Br)c1c(O)ccc2ccccc12. The number of carbonyl (C=O) groups is 1. The number of primary amides is 1. The summed E-state index contributed by atoms with van der Waals surface area (Å²) in [6.45, 7) is 0. The van der Waals surface area contributed by atoms with Crippen LogP contribution in [0.2, 0.25) is 0 Å². The molecule has 0 aromatic heterocycles. The van der Waals surface area contributed by atoms with E-state index >= 15 is 0 Å². The van der Waals surface area contributed by atoms with Crippen LogP contribution in [-0.2, 0) is 0 Å². The summed E-state index contributed by atoms with van der Waals surface area (Å²) in [7, 11) is 0. The summed E-state index contributed by atoms with van der Waals surface area (Å²) in [5.41, 5.74) is 6.80. The Morgan fingerprint density at radius 3 is 2.48 bits per heavy atom. The lowest BCUT2D eigenvalue weighted by Gasteiger charge is -2.22. The lowest BCUT2D eigenvalue weighted by atomic mass is 9.93. The molecule has 0 heterocycles. The van der Waals surface area contributed by atoms with Crippen molar-refractivity contribution in [2.45, 2.75) is 6.04 Å². The van der Waals surface area contributed by atoms with Crippen molar-refractivity contribution in [3.05, 3.63) is 76.3 Å². The second kappa shape index (κ2) is 6.30. The smallest absolute Gasteiger partial charge is 0.312 e. The lowest BCUT2D eigenvalue weighted by molar-refractivity contribution is 0.246. The number of urea groups is 1. The maximum atomic E-state index is 11.5. The Balaban J connectivity index is 2.28. The van der Waals surface area contributed by atoms with Gasteiger partial charge < -0.3 is 16.2 Å². The van der Waals surface area contributed by atoms with Gasteiger partial charge in [-0.25, -0.2) is 4.79 Å². The highest BCUT2D eigenvalue weighted by atomic mass is 79.9. The second-order valence-electron chi connectivity index (χ2n) is 5.18. The van der Waals surface area contributed by atoms with Crippen molar-refractivity contribution < 1.29 is 9.90 Å². The van der Waals surface area contributed by atoms with Crippen molar-refractivity contribution in [3.63, 3.8) is 0 Å². The molecule has 0 saturated heterocycles. The van der Waals surface area contributed by atoms with Gasteiger partial charge >= 0.3 is 6.03 Å². The third-order valence-corrected chi connectivity index (χ3v) is 4.46. The summed E-state index contributed by atoms with van der Waals surface area (Å²) in [5.74, 6) is 0.109. The normalized spacial score (nSPS) is 12.0. The van der Waals surface area contributed by atoms with Gasteiger partial charge in [0.1, 0.15) is 5.75 Å². The number of hydrogen-bond donors (Lipinski definition) is 3. The Morgan fingerprint density at radius 2 is 1.74 bits per heavy atom. The molecule has 0 fully saturated rings. The molecule has 5 heteroatoms. The van der Waals surface area contributed by atoms with Crippen molar-refractivity contribution in [2.24, 2.45) is 5.73 Å². The molecule has 1 unspecified atom stereocenters. The van der Waals surface area contributed by atoms with Gasteiger partial charge in [0, 0.05) is 10.0 Å². The summed E-state index contributed by atoms with van der Waals surface area (Å²) in [4.78, 5) is 11.5. The van der Waals surface area contributed by atoms with E-state index in [1.54, 1.807) is 6.07 Å². The van der Waals surface area contributed by atoms with E-state index in [-0.39, 0.29) is 5.75 Å². The fourth-order valence-corrected chi connectivity index (χ4v) is 3.26. The van der Waals surface area contributed by atoms with Crippen LogP contribution in [0.3, 0.4) is 0 Å². The van der Waals surface area contributed by atoms with Crippen LogP contribution < -0.4 is 11.1 Å². The molecule has 0 bridgehead atoms. The van der Waals surface area contributed by atoms with Crippen molar-refractivity contribution in [1.82, 2.24) is 5.32 Å². The van der Waals surface area contributed by atoms with Crippen LogP contribution in [0.25, 0.3) is 10.8 Å². The summed E-state index contributed by atoms with van der Waals surface area (Å²) < 4.78 is 0.825. The zero-order valence-corrected chi connectivity index (χ0v) is 13.7. The monoisotopic (exact) mass is 370 g/mol. The quantitative estimate of drug-likeness (QED) is 0.649. The predicted octanol–water partition coefficient (Wildman–Crippen LogP) is 4.07. The number of benzene rings is 3. The molecular formula is C18H15BrN2O2. The number of hydrogen-bond acceptors (Lipinski definition) is 2. The number of nitrogens with one attached hydrogen (secondary N) is 1. The van der Waals surface area contributed by atoms with Crippen molar-refractivity contribution >= 4 is 32.7 Å². The third-order valence-electron chi connectivity index (χ3n) is 3.74. The molecule has 3 rings (SSSR count). The maximum Gasteiger partial charge on any atom is 0.312 e. The van der Waals surface area contributed by atoms with Crippen molar-refractivity contribution in [3.8, 4) is 5.75 Å². The van der Waals surface area contributed by atoms with Crippen LogP contribution in [0.1, 0.15) is 17.2 Å². The Hall–Kier alpha value is -2.53. The van der Waals surface area contributed by atoms with Crippen LogP contribution in [-0.4, -0.2) is 11.1 Å². The van der Waals surface area contributed by atoms with Gasteiger partial charge in [-0.1, -0.05) is 64.5 Å². The molecule has 0 saturated carbocycles. The Kier molecular flexibility index (Phi) is 4.21. The van der Waals surface area contributed by atoms with Gasteiger partial charge in [0.2, 0.25) is 0 Å². The minimum atomic E-state index is -0.655. The van der Waals surface area contributed by atoms with E-state index in [9.17, 15) is 9.90 Å². The first-order chi connectivity index (χ1) is 11.1. The van der Waals surface area contributed by atoms with Gasteiger partial charge in [0.05, 0.1) is 6.04 Å². The van der Waals surface area contributed by atoms with Crippen LogP contribution >= 0.6 is 15.9 Å². The molecule has 4 N–H and O–H groups in total. The first-order valence-electron chi connectivity index (χ1n) is 7.09. The Morgan fingerprint density at radius 1 is 1.04 bits per heavy atom. The minimum absolute atomic E-state index is 0.109. The average molecular weight is 371 g/mol. The van der Waals surface area contributed by atoms with E-state index in [1.165, 1.54) is 0 Å². The number of amides is 2. The van der Waals surface area contributed by atoms with Gasteiger partial charge in [-0.05, 0) is 28.5 Å². The van der Waals surface area contributed by atoms with Crippen LogP contribution in [0.15, 0.2) is 65.1 Å². The zero-order chi connectivity index (χ0) is 16.4. The van der Waals surface area contributed by atoms with E-state index in [0.29, 0.717) is 5.56 Å². The van der Waals surface area contributed by atoms with E-state index in [4.69, 9.17) is 5.73 Å². The standard InChI is InChI=1S/C18H15BrN2O2/c19-14-8-4-3-7-13(14)17(21-18(20)23)16-12-6-2-1-5-11(12)9-10-15(16)22/h1-10,17,22H,(H3,20,21,23). The topological polar surface area (TPSA) is 75.4 Å². The molecule has 0 aliphatic heterocycles. The number of carbonyl (C=O) groups excluding carboxylic acids is 1. The highest BCUT2D eigenvalue weighted by molar-refractivity contribution is 9.10. The van der Waals surface area contributed by atoms with E-state index in [2.05, 4.69) is 21.2 Å². The molecule has 4 nitrogen and oxygen atoms in total. The molecule has 2 amide bonds. The molecule has 23 heavy (non-hydrogen) atoms. The Bertz CT molecular complexity index is 880. The number of phenols is 1. The second-order valence-corrected chi connectivity index (χ2v) is 6.04. The van der Waals surface area contributed by atoms with Crippen LogP contribution in [0.5, 0.6) is 5.75 Å². The van der Waals surface area contributed by atoms with Crippen LogP contribution in [0, 0.1) is 0 Å². The number of halogens is 1. The van der Waals surface area contributed by atoms with Gasteiger partial charge in [-0.3, -0.25) is 0 Å². The van der Waals surface area contributed by atoms with E-state index in [0.717, 1.165) is 20.8 Å². The predicted molar refractivity (Wildman–Crippen MR) is 94.3 cm³/mol. The molecule has 0 radical (unpaired) electrons. The highest BCUT2D eigenvalue weighted by Crippen LogP contribution is 2.37. The molecule has 0 aliphatic rings. The van der Waals surface area contributed by atoms with Crippen molar-refractivity contribution in [1.29, 1.82) is 0 Å². The number of phenolic OH excluding ortho intramolecular Hbond substituents is 1. The molecule has 1 atom stereocenters. The fourth-order valence-electron chi connectivity index (χ4n) is 2.74. The van der Waals surface area contributed by atoms with Crippen molar-refractivity contribution in [2.75, 3.05) is 0 Å². The van der Waals surface area contributed by atoms with E-state index < -0.39 is 12.1 Å². The van der Waals surface area contributed by atoms with Gasteiger partial charge in [0.15, 0.2) is 0 Å². The summed E-state index contributed by atoms with van der Waals surface area (Å²) in [6, 6.07) is 17.5. The molecular weight excluding hydrogens is 356 g/mol. The molecule has 3 aromatic carbocycles. The highest BCUT2D eigenvalue weighted by Gasteiger charge is 2.23. The van der Waals surface area contributed by atoms with Gasteiger partial charge in [-0.15, -0.1) is 0 Å². The first kappa shape index (κ1) is 15.4. The lowest BCUT2D eigenvalue weighted by Crippen LogP contribution is -2.34. The maximum absolute atomic E-state index is 11.5. The first-order valence-corrected chi connectivity index (χ1v) is 7.88. The minimum Gasteiger partial charge on any atom is -0.508 e. The summed E-state index contributed by atoms with van der Waals surface area (Å²) in [5, 5.41) is 15.0. The summed E-state index contributed by atoms with van der Waals surface area (Å²) in [6.07, 6.45) is 0. The fraction of sp³-hybridized carbons (Fsp3) is 0.0556. The molecule has 3 aromatic rings. The number of aromatic hydroxyl groups is 1. The van der Waals surface area contributed by atoms with Gasteiger partial charge in [-0.2, -0.15) is 0 Å². The van der Waals surface area contributed by atoms with Crippen LogP contribution in [0.4, 0.5) is 4.79 Å². The zero-order valence-electron chi connectivity index (χ0n) is 12.2. The molecule has 0 spiro atoms. The largest absolute Gasteiger partial charge is 0.508 e. The molecule has 0 aliphatic carbocycles. The average Bonchev–Trinajstić information content (AvgIpc) is 2.53. The third kappa shape index (κ3) is 3.00. The number of fused-ring (bicyclic) bond motifs is 1. The van der Waals surface area contributed by atoms with Gasteiger partial charge in [0.25, 0.3) is 0 Å². The van der Waals surface area contributed by atoms with E-state index in [1.807, 2.05) is 54.6 Å². The summed E-state index contributed by atoms with van der Waals surface area (Å²) >= 11 is 3.50. The number of rotatable bonds is 3. The Labute approximate surface area is 142 Å². The number of nitrogens with two attached hydrogens (primary N) is 1.